The molecular weight excluding hydrogens is 419 g/mol. The molecule has 0 fully saturated rings. The van der Waals surface area contributed by atoms with E-state index in [4.69, 9.17) is 0 Å². The molecule has 2 aromatic carbocycles. The maximum atomic E-state index is 13.2. The topological polar surface area (TPSA) is 75.9 Å². The average Bonchev–Trinajstić information content (AvgIpc) is 3.21. The number of rotatable bonds is 6. The van der Waals surface area contributed by atoms with Crippen LogP contribution in [0.5, 0.6) is 0 Å². The highest BCUT2D eigenvalue weighted by Crippen LogP contribution is 2.33. The molecule has 0 aliphatic carbocycles. The monoisotopic (exact) mass is 441 g/mol. The molecule has 9 heteroatoms. The molecule has 0 aliphatic heterocycles. The van der Waals surface area contributed by atoms with Crippen molar-refractivity contribution in [3.05, 3.63) is 65.9 Å². The highest BCUT2D eigenvalue weighted by molar-refractivity contribution is 5.89. The zero-order valence-electron chi connectivity index (χ0n) is 17.6. The lowest BCUT2D eigenvalue weighted by atomic mass is 10.0. The van der Waals surface area contributed by atoms with Crippen molar-refractivity contribution in [2.24, 2.45) is 0 Å². The number of anilines is 1. The first-order valence-corrected chi connectivity index (χ1v) is 10.2. The van der Waals surface area contributed by atoms with Crippen LogP contribution in [0.2, 0.25) is 0 Å². The smallest absolute Gasteiger partial charge is 0.395 e. The van der Waals surface area contributed by atoms with E-state index in [9.17, 15) is 18.3 Å². The van der Waals surface area contributed by atoms with Crippen LogP contribution in [0, 0.1) is 0 Å². The molecule has 0 saturated heterocycles. The Bertz CT molecular complexity index is 1230. The Balaban J connectivity index is 1.87. The summed E-state index contributed by atoms with van der Waals surface area (Å²) in [5, 5.41) is 17.2. The van der Waals surface area contributed by atoms with Gasteiger partial charge < -0.3 is 10.4 Å². The molecule has 6 nitrogen and oxygen atoms in total. The van der Waals surface area contributed by atoms with Crippen LogP contribution in [-0.4, -0.2) is 38.0 Å². The zero-order chi connectivity index (χ0) is 22.9. The molecule has 0 unspecified atom stereocenters. The van der Waals surface area contributed by atoms with Crippen LogP contribution in [0.1, 0.15) is 30.9 Å². The third-order valence-electron chi connectivity index (χ3n) is 5.09. The molecule has 4 aromatic rings. The number of halogens is 3. The summed E-state index contributed by atoms with van der Waals surface area (Å²) in [4.78, 5) is 8.97. The zero-order valence-corrected chi connectivity index (χ0v) is 17.6. The minimum atomic E-state index is -4.47. The number of alkyl halides is 3. The molecule has 0 bridgehead atoms. The fraction of sp³-hybridized carbons (Fsp3) is 0.261. The van der Waals surface area contributed by atoms with E-state index in [0.29, 0.717) is 22.8 Å². The quantitative estimate of drug-likeness (QED) is 0.439. The molecule has 0 radical (unpaired) electrons. The van der Waals surface area contributed by atoms with Crippen molar-refractivity contribution >= 4 is 16.9 Å². The summed E-state index contributed by atoms with van der Waals surface area (Å²) in [7, 11) is 0. The molecule has 2 aromatic heterocycles. The molecule has 4 rings (SSSR count). The van der Waals surface area contributed by atoms with Crippen molar-refractivity contribution in [1.29, 1.82) is 0 Å². The van der Waals surface area contributed by atoms with Gasteiger partial charge in [-0.05, 0) is 35.7 Å². The summed E-state index contributed by atoms with van der Waals surface area (Å²) in [6.45, 7) is 4.30. The van der Waals surface area contributed by atoms with Gasteiger partial charge in [0.15, 0.2) is 11.5 Å². The highest BCUT2D eigenvalue weighted by atomic mass is 19.4. The number of benzene rings is 2. The van der Waals surface area contributed by atoms with Crippen LogP contribution in [0.3, 0.4) is 0 Å². The van der Waals surface area contributed by atoms with Gasteiger partial charge in [0.25, 0.3) is 0 Å². The number of fused-ring (bicyclic) bond motifs is 1. The van der Waals surface area contributed by atoms with Gasteiger partial charge in [0.2, 0.25) is 0 Å². The second-order valence-corrected chi connectivity index (χ2v) is 7.66. The Morgan fingerprint density at radius 1 is 1.06 bits per heavy atom. The van der Waals surface area contributed by atoms with Crippen LogP contribution in [0.4, 0.5) is 19.0 Å². The number of hydrogen-bond donors (Lipinski definition) is 2. The second-order valence-electron chi connectivity index (χ2n) is 7.66. The van der Waals surface area contributed by atoms with E-state index in [1.54, 1.807) is 10.9 Å². The van der Waals surface area contributed by atoms with Crippen molar-refractivity contribution in [2.75, 3.05) is 18.5 Å². The molecule has 0 aliphatic rings. The third kappa shape index (κ3) is 4.29. The highest BCUT2D eigenvalue weighted by Gasteiger charge is 2.30. The SMILES string of the molecule is CC(C)c1ccc(-n2ncc3c(NCCO)nc(-c4cccc(C(F)(F)F)c4)nc32)cc1. The van der Waals surface area contributed by atoms with E-state index < -0.39 is 11.7 Å². The number of nitrogens with zero attached hydrogens (tertiary/aromatic N) is 4. The molecule has 0 atom stereocenters. The molecule has 166 valence electrons. The van der Waals surface area contributed by atoms with E-state index in [-0.39, 0.29) is 24.5 Å². The Kier molecular flexibility index (Phi) is 5.84. The number of aliphatic hydroxyl groups is 1. The van der Waals surface area contributed by atoms with Crippen molar-refractivity contribution in [1.82, 2.24) is 19.7 Å². The maximum Gasteiger partial charge on any atom is 0.416 e. The number of nitrogens with one attached hydrogen (secondary N) is 1. The van der Waals surface area contributed by atoms with Gasteiger partial charge in [-0.25, -0.2) is 14.6 Å². The lowest BCUT2D eigenvalue weighted by Crippen LogP contribution is -2.09. The number of aliphatic hydroxyl groups excluding tert-OH is 1. The molecular formula is C23H22F3N5O. The Morgan fingerprint density at radius 3 is 2.47 bits per heavy atom. The van der Waals surface area contributed by atoms with E-state index in [0.717, 1.165) is 17.8 Å². The fourth-order valence-corrected chi connectivity index (χ4v) is 3.37. The largest absolute Gasteiger partial charge is 0.416 e. The minimum absolute atomic E-state index is 0.129. The van der Waals surface area contributed by atoms with Crippen molar-refractivity contribution in [2.45, 2.75) is 25.9 Å². The van der Waals surface area contributed by atoms with Gasteiger partial charge in [-0.15, -0.1) is 0 Å². The standard InChI is InChI=1S/C23H22F3N5O/c1-14(2)15-6-8-18(9-7-15)31-22-19(13-28-31)21(27-10-11-32)29-20(30-22)16-4-3-5-17(12-16)23(24,25)26/h3-9,12-14,32H,10-11H2,1-2H3,(H,27,29,30). The predicted octanol–water partition coefficient (Wildman–Crippen LogP) is 5.03. The van der Waals surface area contributed by atoms with E-state index in [1.165, 1.54) is 17.7 Å². The number of aromatic nitrogens is 4. The van der Waals surface area contributed by atoms with Crippen molar-refractivity contribution < 1.29 is 18.3 Å². The number of hydrogen-bond acceptors (Lipinski definition) is 5. The van der Waals surface area contributed by atoms with Crippen LogP contribution >= 0.6 is 0 Å². The molecule has 0 amide bonds. The first kappa shape index (κ1) is 21.8. The summed E-state index contributed by atoms with van der Waals surface area (Å²) in [6, 6.07) is 12.8. The van der Waals surface area contributed by atoms with Gasteiger partial charge in [0, 0.05) is 12.1 Å². The maximum absolute atomic E-state index is 13.2. The van der Waals surface area contributed by atoms with Crippen LogP contribution < -0.4 is 5.32 Å². The molecule has 2 heterocycles. The predicted molar refractivity (Wildman–Crippen MR) is 117 cm³/mol. The summed E-state index contributed by atoms with van der Waals surface area (Å²) >= 11 is 0. The Hall–Kier alpha value is -3.46. The van der Waals surface area contributed by atoms with Gasteiger partial charge in [0.1, 0.15) is 5.82 Å². The first-order chi connectivity index (χ1) is 15.3. The normalized spacial score (nSPS) is 12.0. The molecule has 0 spiro atoms. The van der Waals surface area contributed by atoms with Gasteiger partial charge in [-0.2, -0.15) is 18.3 Å². The lowest BCUT2D eigenvalue weighted by molar-refractivity contribution is -0.137. The van der Waals surface area contributed by atoms with Gasteiger partial charge in [0.05, 0.1) is 29.4 Å². The van der Waals surface area contributed by atoms with Crippen LogP contribution in [0.25, 0.3) is 28.1 Å². The van der Waals surface area contributed by atoms with Crippen molar-refractivity contribution in [3.63, 3.8) is 0 Å². The average molecular weight is 441 g/mol. The summed E-state index contributed by atoms with van der Waals surface area (Å²) in [5.74, 6) is 0.897. The van der Waals surface area contributed by atoms with E-state index in [1.807, 2.05) is 24.3 Å². The summed E-state index contributed by atoms with van der Waals surface area (Å²) < 4.78 is 41.3. The third-order valence-corrected chi connectivity index (χ3v) is 5.09. The Labute approximate surface area is 182 Å². The molecule has 32 heavy (non-hydrogen) atoms. The summed E-state index contributed by atoms with van der Waals surface area (Å²) in [6.07, 6.45) is -2.88. The van der Waals surface area contributed by atoms with Gasteiger partial charge >= 0.3 is 6.18 Å². The van der Waals surface area contributed by atoms with Crippen LogP contribution in [-0.2, 0) is 6.18 Å². The minimum Gasteiger partial charge on any atom is -0.395 e. The van der Waals surface area contributed by atoms with E-state index >= 15 is 0 Å². The summed E-state index contributed by atoms with van der Waals surface area (Å²) in [5.41, 5.74) is 1.85. The first-order valence-electron chi connectivity index (χ1n) is 10.2. The fourth-order valence-electron chi connectivity index (χ4n) is 3.37. The van der Waals surface area contributed by atoms with Crippen LogP contribution in [0.15, 0.2) is 54.7 Å². The van der Waals surface area contributed by atoms with Gasteiger partial charge in [-0.3, -0.25) is 0 Å². The molecule has 0 saturated carbocycles. The van der Waals surface area contributed by atoms with Crippen molar-refractivity contribution in [3.8, 4) is 17.1 Å². The molecule has 2 N–H and O–H groups in total. The second kappa shape index (κ2) is 8.58. The Morgan fingerprint density at radius 2 is 1.81 bits per heavy atom. The van der Waals surface area contributed by atoms with Gasteiger partial charge in [-0.1, -0.05) is 38.1 Å². The lowest BCUT2D eigenvalue weighted by Gasteiger charge is -2.11. The van der Waals surface area contributed by atoms with E-state index in [2.05, 4.69) is 34.2 Å².